The molecule has 4 nitrogen and oxygen atoms in total. The topological polar surface area (TPSA) is 58.6 Å². The van der Waals surface area contributed by atoms with Crippen LogP contribution >= 0.6 is 0 Å². The Kier molecular flexibility index (Phi) is 6.78. The van der Waals surface area contributed by atoms with Crippen molar-refractivity contribution in [2.45, 2.75) is 25.5 Å². The Morgan fingerprint density at radius 3 is 2.43 bits per heavy atom. The molecule has 0 radical (unpaired) electrons. The number of amides is 1. The van der Waals surface area contributed by atoms with Gasteiger partial charge in [-0.15, -0.1) is 0 Å². The third kappa shape index (κ3) is 5.20. The van der Waals surface area contributed by atoms with Crippen LogP contribution in [0.25, 0.3) is 0 Å². The molecule has 0 aliphatic heterocycles. The second kappa shape index (κ2) is 9.08. The standard InChI is InChI=1S/C19H23NO3/c1-23-14-15-9-11-17(12-10-15)19(22)20-18(8-5-13-21)16-6-3-2-4-7-16/h2-4,6-7,9-12,18,21H,5,8,13-14H2,1H3,(H,20,22). The maximum atomic E-state index is 12.5. The van der Waals surface area contributed by atoms with Gasteiger partial charge in [0.15, 0.2) is 0 Å². The van der Waals surface area contributed by atoms with E-state index in [0.29, 0.717) is 25.0 Å². The zero-order valence-corrected chi connectivity index (χ0v) is 13.4. The van der Waals surface area contributed by atoms with Crippen molar-refractivity contribution in [1.29, 1.82) is 0 Å². The van der Waals surface area contributed by atoms with Crippen molar-refractivity contribution >= 4 is 5.91 Å². The van der Waals surface area contributed by atoms with Gasteiger partial charge in [0.1, 0.15) is 0 Å². The summed E-state index contributed by atoms with van der Waals surface area (Å²) in [4.78, 5) is 12.5. The summed E-state index contributed by atoms with van der Waals surface area (Å²) in [5, 5.41) is 12.1. The average molecular weight is 313 g/mol. The van der Waals surface area contributed by atoms with Crippen LogP contribution in [-0.4, -0.2) is 24.7 Å². The lowest BCUT2D eigenvalue weighted by Gasteiger charge is -2.19. The molecule has 0 aliphatic rings. The largest absolute Gasteiger partial charge is 0.396 e. The molecular formula is C19H23NO3. The van der Waals surface area contributed by atoms with Crippen LogP contribution in [0.5, 0.6) is 0 Å². The fraction of sp³-hybridized carbons (Fsp3) is 0.316. The van der Waals surface area contributed by atoms with Crippen molar-refractivity contribution in [2.75, 3.05) is 13.7 Å². The number of carbonyl (C=O) groups excluding carboxylic acids is 1. The Morgan fingerprint density at radius 1 is 1.13 bits per heavy atom. The van der Waals surface area contributed by atoms with Gasteiger partial charge in [0.25, 0.3) is 5.91 Å². The second-order valence-electron chi connectivity index (χ2n) is 5.43. The summed E-state index contributed by atoms with van der Waals surface area (Å²) in [6.07, 6.45) is 1.35. The molecular weight excluding hydrogens is 290 g/mol. The molecule has 2 N–H and O–H groups in total. The number of hydrogen-bond donors (Lipinski definition) is 2. The monoisotopic (exact) mass is 313 g/mol. The van der Waals surface area contributed by atoms with Crippen LogP contribution in [0, 0.1) is 0 Å². The zero-order chi connectivity index (χ0) is 16.5. The summed E-state index contributed by atoms with van der Waals surface area (Å²) in [6, 6.07) is 17.1. The number of methoxy groups -OCH3 is 1. The highest BCUT2D eigenvalue weighted by Crippen LogP contribution is 2.19. The molecule has 0 saturated heterocycles. The van der Waals surface area contributed by atoms with E-state index in [2.05, 4.69) is 5.32 Å². The van der Waals surface area contributed by atoms with Gasteiger partial charge in [-0.3, -0.25) is 4.79 Å². The predicted octanol–water partition coefficient (Wildman–Crippen LogP) is 3.08. The van der Waals surface area contributed by atoms with Gasteiger partial charge in [0.05, 0.1) is 12.6 Å². The van der Waals surface area contributed by atoms with Gasteiger partial charge in [-0.2, -0.15) is 0 Å². The van der Waals surface area contributed by atoms with Crippen LogP contribution in [0.2, 0.25) is 0 Å². The van der Waals surface area contributed by atoms with E-state index in [4.69, 9.17) is 9.84 Å². The minimum Gasteiger partial charge on any atom is -0.396 e. The van der Waals surface area contributed by atoms with Crippen LogP contribution in [0.1, 0.15) is 40.4 Å². The van der Waals surface area contributed by atoms with Gasteiger partial charge in [-0.1, -0.05) is 42.5 Å². The quantitative estimate of drug-likeness (QED) is 0.787. The molecule has 0 saturated carbocycles. The Hall–Kier alpha value is -2.17. The first-order valence-corrected chi connectivity index (χ1v) is 7.79. The Morgan fingerprint density at radius 2 is 1.83 bits per heavy atom. The summed E-state index contributed by atoms with van der Waals surface area (Å²) in [7, 11) is 1.65. The van der Waals surface area contributed by atoms with E-state index >= 15 is 0 Å². The van der Waals surface area contributed by atoms with E-state index in [1.54, 1.807) is 19.2 Å². The van der Waals surface area contributed by atoms with Crippen molar-refractivity contribution in [1.82, 2.24) is 5.32 Å². The first kappa shape index (κ1) is 17.2. The Labute approximate surface area is 137 Å². The zero-order valence-electron chi connectivity index (χ0n) is 13.4. The van der Waals surface area contributed by atoms with Gasteiger partial charge in [-0.05, 0) is 36.1 Å². The SMILES string of the molecule is COCc1ccc(C(=O)NC(CCCO)c2ccccc2)cc1. The molecule has 0 aromatic heterocycles. The van der Waals surface area contributed by atoms with E-state index in [-0.39, 0.29) is 18.6 Å². The second-order valence-corrected chi connectivity index (χ2v) is 5.43. The molecule has 4 heteroatoms. The number of rotatable bonds is 8. The minimum absolute atomic E-state index is 0.102. The minimum atomic E-state index is -0.110. The maximum Gasteiger partial charge on any atom is 0.251 e. The predicted molar refractivity (Wildman–Crippen MR) is 90.1 cm³/mol. The summed E-state index contributed by atoms with van der Waals surface area (Å²) >= 11 is 0. The van der Waals surface area contributed by atoms with Crippen LogP contribution in [0.4, 0.5) is 0 Å². The molecule has 2 aromatic carbocycles. The molecule has 0 fully saturated rings. The highest BCUT2D eigenvalue weighted by atomic mass is 16.5. The van der Waals surface area contributed by atoms with Gasteiger partial charge >= 0.3 is 0 Å². The average Bonchev–Trinajstić information content (AvgIpc) is 2.60. The summed E-state index contributed by atoms with van der Waals surface area (Å²) in [6.45, 7) is 0.649. The first-order chi connectivity index (χ1) is 11.2. The molecule has 2 rings (SSSR count). The molecule has 1 unspecified atom stereocenters. The Bertz CT molecular complexity index is 596. The highest BCUT2D eigenvalue weighted by molar-refractivity contribution is 5.94. The fourth-order valence-electron chi connectivity index (χ4n) is 2.46. The highest BCUT2D eigenvalue weighted by Gasteiger charge is 2.15. The summed E-state index contributed by atoms with van der Waals surface area (Å²) in [5.41, 5.74) is 2.70. The van der Waals surface area contributed by atoms with Gasteiger partial charge in [0.2, 0.25) is 0 Å². The van der Waals surface area contributed by atoms with E-state index in [1.165, 1.54) is 0 Å². The number of carbonyl (C=O) groups is 1. The molecule has 0 heterocycles. The third-order valence-electron chi connectivity index (χ3n) is 3.69. The number of aliphatic hydroxyl groups is 1. The summed E-state index contributed by atoms with van der Waals surface area (Å²) in [5.74, 6) is -0.110. The van der Waals surface area contributed by atoms with E-state index in [9.17, 15) is 4.79 Å². The fourth-order valence-corrected chi connectivity index (χ4v) is 2.46. The van der Waals surface area contributed by atoms with Gasteiger partial charge in [-0.25, -0.2) is 0 Å². The van der Waals surface area contributed by atoms with Gasteiger partial charge < -0.3 is 15.2 Å². The first-order valence-electron chi connectivity index (χ1n) is 7.79. The number of ether oxygens (including phenoxy) is 1. The molecule has 2 aromatic rings. The van der Waals surface area contributed by atoms with Crippen LogP contribution in [0.3, 0.4) is 0 Å². The molecule has 0 spiro atoms. The smallest absolute Gasteiger partial charge is 0.251 e. The Balaban J connectivity index is 2.07. The van der Waals surface area contributed by atoms with E-state index in [1.807, 2.05) is 42.5 Å². The summed E-state index contributed by atoms with van der Waals surface area (Å²) < 4.78 is 5.07. The lowest BCUT2D eigenvalue weighted by atomic mass is 10.0. The number of benzene rings is 2. The van der Waals surface area contributed by atoms with Crippen molar-refractivity contribution in [3.63, 3.8) is 0 Å². The van der Waals surface area contributed by atoms with Crippen molar-refractivity contribution in [2.24, 2.45) is 0 Å². The lowest BCUT2D eigenvalue weighted by Crippen LogP contribution is -2.28. The molecule has 0 aliphatic carbocycles. The van der Waals surface area contributed by atoms with Crippen LogP contribution in [0.15, 0.2) is 54.6 Å². The molecule has 0 bridgehead atoms. The normalized spacial score (nSPS) is 11.9. The van der Waals surface area contributed by atoms with Crippen LogP contribution < -0.4 is 5.32 Å². The molecule has 122 valence electrons. The van der Waals surface area contributed by atoms with E-state index < -0.39 is 0 Å². The van der Waals surface area contributed by atoms with Gasteiger partial charge in [0, 0.05) is 19.3 Å². The third-order valence-corrected chi connectivity index (χ3v) is 3.69. The number of nitrogens with one attached hydrogen (secondary N) is 1. The lowest BCUT2D eigenvalue weighted by molar-refractivity contribution is 0.0932. The van der Waals surface area contributed by atoms with Crippen molar-refractivity contribution in [3.8, 4) is 0 Å². The van der Waals surface area contributed by atoms with Crippen molar-refractivity contribution < 1.29 is 14.6 Å². The van der Waals surface area contributed by atoms with Crippen molar-refractivity contribution in [3.05, 3.63) is 71.3 Å². The van der Waals surface area contributed by atoms with Crippen LogP contribution in [-0.2, 0) is 11.3 Å². The van der Waals surface area contributed by atoms with E-state index in [0.717, 1.165) is 11.1 Å². The number of hydrogen-bond acceptors (Lipinski definition) is 3. The molecule has 1 atom stereocenters. The maximum absolute atomic E-state index is 12.5. The number of aliphatic hydroxyl groups excluding tert-OH is 1. The molecule has 1 amide bonds. The molecule has 23 heavy (non-hydrogen) atoms.